The summed E-state index contributed by atoms with van der Waals surface area (Å²) >= 11 is 0. The smallest absolute Gasteiger partial charge is 0.0655 e. The summed E-state index contributed by atoms with van der Waals surface area (Å²) in [5.41, 5.74) is 2.78. The van der Waals surface area contributed by atoms with Crippen LogP contribution in [0.15, 0.2) is 6.07 Å². The molecular weight excluding hydrogens is 184 g/mol. The number of aryl methyl sites for hydroxylation is 1. The molecule has 0 fully saturated rings. The van der Waals surface area contributed by atoms with Gasteiger partial charge >= 0.3 is 0 Å². The molecule has 0 N–H and O–H groups in total. The van der Waals surface area contributed by atoms with Crippen molar-refractivity contribution in [3.05, 3.63) is 17.5 Å². The van der Waals surface area contributed by atoms with Gasteiger partial charge in [-0.2, -0.15) is 5.10 Å². The van der Waals surface area contributed by atoms with Gasteiger partial charge in [-0.25, -0.2) is 0 Å². The maximum atomic E-state index is 4.68. The number of aromatic nitrogens is 2. The highest BCUT2D eigenvalue weighted by Crippen LogP contribution is 2.26. The van der Waals surface area contributed by atoms with Crippen LogP contribution in [0.3, 0.4) is 0 Å². The Morgan fingerprint density at radius 2 is 1.93 bits per heavy atom. The Morgan fingerprint density at radius 1 is 1.33 bits per heavy atom. The van der Waals surface area contributed by atoms with Crippen molar-refractivity contribution < 1.29 is 0 Å². The predicted octanol–water partition coefficient (Wildman–Crippen LogP) is 3.71. The Morgan fingerprint density at radius 3 is 2.27 bits per heavy atom. The number of nitrogens with zero attached hydrogens (tertiary/aromatic N) is 2. The second-order valence-electron chi connectivity index (χ2n) is 5.33. The molecule has 1 atom stereocenters. The van der Waals surface area contributed by atoms with Gasteiger partial charge in [-0.15, -0.1) is 0 Å². The second kappa shape index (κ2) is 4.38. The lowest BCUT2D eigenvalue weighted by molar-refractivity contribution is 0.495. The first kappa shape index (κ1) is 12.3. The molecule has 0 saturated heterocycles. The van der Waals surface area contributed by atoms with E-state index in [1.807, 2.05) is 0 Å². The van der Waals surface area contributed by atoms with Crippen molar-refractivity contribution in [1.82, 2.24) is 9.78 Å². The van der Waals surface area contributed by atoms with Gasteiger partial charge in [0.25, 0.3) is 0 Å². The van der Waals surface area contributed by atoms with Crippen LogP contribution in [0.2, 0.25) is 0 Å². The quantitative estimate of drug-likeness (QED) is 0.740. The minimum absolute atomic E-state index is 0.189. The van der Waals surface area contributed by atoms with E-state index in [0.717, 1.165) is 13.0 Å². The molecule has 0 aromatic carbocycles. The zero-order valence-corrected chi connectivity index (χ0v) is 11.0. The summed E-state index contributed by atoms with van der Waals surface area (Å²) in [6.45, 7) is 14.3. The van der Waals surface area contributed by atoms with Crippen molar-refractivity contribution in [2.45, 2.75) is 65.8 Å². The number of rotatable bonds is 3. The van der Waals surface area contributed by atoms with Gasteiger partial charge in [0.15, 0.2) is 0 Å². The highest BCUT2D eigenvalue weighted by molar-refractivity contribution is 5.20. The Kier molecular flexibility index (Phi) is 3.58. The minimum Gasteiger partial charge on any atom is -0.269 e. The number of hydrogen-bond acceptors (Lipinski definition) is 1. The molecule has 0 spiro atoms. The van der Waals surface area contributed by atoms with Crippen molar-refractivity contribution in [2.75, 3.05) is 0 Å². The summed E-state index contributed by atoms with van der Waals surface area (Å²) in [5.74, 6) is 0.568. The highest BCUT2D eigenvalue weighted by Gasteiger charge is 2.21. The van der Waals surface area contributed by atoms with E-state index >= 15 is 0 Å². The minimum atomic E-state index is 0.189. The molecule has 0 aliphatic rings. The normalized spacial score (nSPS) is 14.3. The molecule has 1 unspecified atom stereocenters. The Labute approximate surface area is 93.7 Å². The average Bonchev–Trinajstić information content (AvgIpc) is 2.59. The van der Waals surface area contributed by atoms with E-state index in [9.17, 15) is 0 Å². The molecule has 1 aromatic heterocycles. The van der Waals surface area contributed by atoms with Gasteiger partial charge in [-0.05, 0) is 25.3 Å². The van der Waals surface area contributed by atoms with Gasteiger partial charge in [0.05, 0.1) is 5.69 Å². The zero-order valence-electron chi connectivity index (χ0n) is 11.0. The van der Waals surface area contributed by atoms with E-state index in [-0.39, 0.29) is 5.41 Å². The third-order valence-electron chi connectivity index (χ3n) is 2.98. The van der Waals surface area contributed by atoms with E-state index in [1.54, 1.807) is 0 Å². The monoisotopic (exact) mass is 208 g/mol. The molecule has 0 bridgehead atoms. The van der Waals surface area contributed by atoms with Crippen LogP contribution in [0, 0.1) is 0 Å². The Hall–Kier alpha value is -0.790. The molecule has 0 radical (unpaired) electrons. The fraction of sp³-hybridized carbons (Fsp3) is 0.769. The molecule has 2 heteroatoms. The largest absolute Gasteiger partial charge is 0.269 e. The predicted molar refractivity (Wildman–Crippen MR) is 65.3 cm³/mol. The molecule has 0 aliphatic carbocycles. The molecule has 86 valence electrons. The van der Waals surface area contributed by atoms with Crippen molar-refractivity contribution in [2.24, 2.45) is 0 Å². The third kappa shape index (κ3) is 2.61. The molecular formula is C13H24N2. The molecule has 1 rings (SSSR count). The summed E-state index contributed by atoms with van der Waals surface area (Å²) in [4.78, 5) is 0. The van der Waals surface area contributed by atoms with Crippen molar-refractivity contribution >= 4 is 0 Å². The van der Waals surface area contributed by atoms with Gasteiger partial charge in [-0.3, -0.25) is 4.68 Å². The van der Waals surface area contributed by atoms with E-state index in [0.29, 0.717) is 5.92 Å². The lowest BCUT2D eigenvalue weighted by Gasteiger charge is -2.19. The zero-order chi connectivity index (χ0) is 11.6. The molecule has 1 heterocycles. The van der Waals surface area contributed by atoms with E-state index in [1.165, 1.54) is 11.4 Å². The fourth-order valence-corrected chi connectivity index (χ4v) is 1.73. The fourth-order valence-electron chi connectivity index (χ4n) is 1.73. The van der Waals surface area contributed by atoms with E-state index in [4.69, 9.17) is 0 Å². The van der Waals surface area contributed by atoms with Crippen LogP contribution >= 0.6 is 0 Å². The topological polar surface area (TPSA) is 17.8 Å². The third-order valence-corrected chi connectivity index (χ3v) is 2.98. The van der Waals surface area contributed by atoms with Crippen LogP contribution in [-0.2, 0) is 12.0 Å². The van der Waals surface area contributed by atoms with Gasteiger partial charge < -0.3 is 0 Å². The van der Waals surface area contributed by atoms with Gasteiger partial charge in [-0.1, -0.05) is 34.6 Å². The Bertz CT molecular complexity index is 318. The maximum absolute atomic E-state index is 4.68. The second-order valence-corrected chi connectivity index (χ2v) is 5.33. The first-order valence-corrected chi connectivity index (χ1v) is 5.98. The first-order chi connectivity index (χ1) is 6.90. The standard InChI is InChI=1S/C13H24N2/c1-7-10(3)11-9-12(13(4,5)6)15(8-2)14-11/h9-10H,7-8H2,1-6H3. The molecule has 1 aromatic rings. The summed E-state index contributed by atoms with van der Waals surface area (Å²) in [5, 5.41) is 4.68. The van der Waals surface area contributed by atoms with Crippen LogP contribution in [0.5, 0.6) is 0 Å². The van der Waals surface area contributed by atoms with Gasteiger partial charge in [0.1, 0.15) is 0 Å². The summed E-state index contributed by atoms with van der Waals surface area (Å²) in [6, 6.07) is 2.28. The Balaban J connectivity index is 3.11. The summed E-state index contributed by atoms with van der Waals surface area (Å²) in [7, 11) is 0. The van der Waals surface area contributed by atoms with Crippen LogP contribution in [0.25, 0.3) is 0 Å². The lowest BCUT2D eigenvalue weighted by Crippen LogP contribution is -2.17. The van der Waals surface area contributed by atoms with Crippen LogP contribution < -0.4 is 0 Å². The molecule has 0 aliphatic heterocycles. The van der Waals surface area contributed by atoms with E-state index < -0.39 is 0 Å². The highest BCUT2D eigenvalue weighted by atomic mass is 15.3. The van der Waals surface area contributed by atoms with Crippen LogP contribution in [0.4, 0.5) is 0 Å². The van der Waals surface area contributed by atoms with Crippen LogP contribution in [-0.4, -0.2) is 9.78 Å². The molecule has 15 heavy (non-hydrogen) atoms. The van der Waals surface area contributed by atoms with Crippen molar-refractivity contribution in [3.8, 4) is 0 Å². The van der Waals surface area contributed by atoms with Crippen molar-refractivity contribution in [1.29, 1.82) is 0 Å². The summed E-state index contributed by atoms with van der Waals surface area (Å²) < 4.78 is 2.14. The van der Waals surface area contributed by atoms with Gasteiger partial charge in [0, 0.05) is 17.7 Å². The first-order valence-electron chi connectivity index (χ1n) is 5.98. The molecule has 0 saturated carbocycles. The molecule has 0 amide bonds. The SMILES string of the molecule is CCC(C)c1cc(C(C)(C)C)n(CC)n1. The van der Waals surface area contributed by atoms with Gasteiger partial charge in [0.2, 0.25) is 0 Å². The summed E-state index contributed by atoms with van der Waals surface area (Å²) in [6.07, 6.45) is 1.16. The molecule has 2 nitrogen and oxygen atoms in total. The maximum Gasteiger partial charge on any atom is 0.0655 e. The lowest BCUT2D eigenvalue weighted by atomic mass is 9.91. The van der Waals surface area contributed by atoms with Crippen molar-refractivity contribution in [3.63, 3.8) is 0 Å². The van der Waals surface area contributed by atoms with Crippen LogP contribution in [0.1, 0.15) is 65.3 Å². The average molecular weight is 208 g/mol. The number of hydrogen-bond donors (Lipinski definition) is 0. The van der Waals surface area contributed by atoms with E-state index in [2.05, 4.69) is 57.4 Å².